The molecule has 0 aliphatic carbocycles. The van der Waals surface area contributed by atoms with Crippen LogP contribution in [0.3, 0.4) is 0 Å². The lowest BCUT2D eigenvalue weighted by Crippen LogP contribution is -2.37. The number of carbonyl (C=O) groups excluding carboxylic acids is 2. The summed E-state index contributed by atoms with van der Waals surface area (Å²) in [5.74, 6) is 0.0433. The zero-order chi connectivity index (χ0) is 15.8. The molecule has 1 rings (SSSR count). The SMILES string of the molecule is CCCCCNC(=O)C(C)Oc1ccc(Cl)cc1C(C)=O. The van der Waals surface area contributed by atoms with Gasteiger partial charge in [-0.2, -0.15) is 0 Å². The van der Waals surface area contributed by atoms with Crippen molar-refractivity contribution < 1.29 is 14.3 Å². The average Bonchev–Trinajstić information content (AvgIpc) is 2.44. The van der Waals surface area contributed by atoms with Gasteiger partial charge in [-0.3, -0.25) is 9.59 Å². The number of benzene rings is 1. The molecule has 0 bridgehead atoms. The van der Waals surface area contributed by atoms with E-state index in [2.05, 4.69) is 12.2 Å². The maximum Gasteiger partial charge on any atom is 0.260 e. The summed E-state index contributed by atoms with van der Waals surface area (Å²) in [6.07, 6.45) is 2.48. The van der Waals surface area contributed by atoms with Crippen molar-refractivity contribution in [3.63, 3.8) is 0 Å². The molecular formula is C16H22ClNO3. The summed E-state index contributed by atoms with van der Waals surface area (Å²) in [5, 5.41) is 3.28. The van der Waals surface area contributed by atoms with E-state index in [0.29, 0.717) is 22.9 Å². The molecule has 0 fully saturated rings. The molecular weight excluding hydrogens is 290 g/mol. The summed E-state index contributed by atoms with van der Waals surface area (Å²) < 4.78 is 5.59. The maximum absolute atomic E-state index is 11.9. The summed E-state index contributed by atoms with van der Waals surface area (Å²) >= 11 is 5.87. The van der Waals surface area contributed by atoms with Gasteiger partial charge in [-0.25, -0.2) is 0 Å². The summed E-state index contributed by atoms with van der Waals surface area (Å²) in [7, 11) is 0. The van der Waals surface area contributed by atoms with Gasteiger partial charge in [-0.1, -0.05) is 31.4 Å². The molecule has 0 heterocycles. The number of amides is 1. The Morgan fingerprint density at radius 1 is 1.33 bits per heavy atom. The number of nitrogens with one attached hydrogen (secondary N) is 1. The Hall–Kier alpha value is -1.55. The minimum atomic E-state index is -0.661. The van der Waals surface area contributed by atoms with Crippen molar-refractivity contribution in [1.82, 2.24) is 5.32 Å². The van der Waals surface area contributed by atoms with Gasteiger partial charge in [-0.05, 0) is 38.5 Å². The van der Waals surface area contributed by atoms with Crippen LogP contribution in [0.4, 0.5) is 0 Å². The third kappa shape index (κ3) is 5.76. The molecule has 5 heteroatoms. The lowest BCUT2D eigenvalue weighted by molar-refractivity contribution is -0.127. The van der Waals surface area contributed by atoms with Crippen molar-refractivity contribution in [2.75, 3.05) is 6.54 Å². The van der Waals surface area contributed by atoms with Crippen LogP contribution in [0.5, 0.6) is 5.75 Å². The van der Waals surface area contributed by atoms with Gasteiger partial charge in [0, 0.05) is 11.6 Å². The summed E-state index contributed by atoms with van der Waals surface area (Å²) in [5.41, 5.74) is 0.383. The van der Waals surface area contributed by atoms with E-state index in [9.17, 15) is 9.59 Å². The summed E-state index contributed by atoms with van der Waals surface area (Å²) in [6, 6.07) is 4.79. The topological polar surface area (TPSA) is 55.4 Å². The molecule has 0 aliphatic heterocycles. The van der Waals surface area contributed by atoms with Crippen molar-refractivity contribution >= 4 is 23.3 Å². The molecule has 0 spiro atoms. The lowest BCUT2D eigenvalue weighted by atomic mass is 10.1. The minimum absolute atomic E-state index is 0.150. The van der Waals surface area contributed by atoms with E-state index >= 15 is 0 Å². The van der Waals surface area contributed by atoms with Gasteiger partial charge >= 0.3 is 0 Å². The summed E-state index contributed by atoms with van der Waals surface area (Å²) in [4.78, 5) is 23.5. The van der Waals surface area contributed by atoms with Crippen molar-refractivity contribution in [2.24, 2.45) is 0 Å². The van der Waals surface area contributed by atoms with Crippen molar-refractivity contribution in [2.45, 2.75) is 46.1 Å². The Labute approximate surface area is 130 Å². The zero-order valence-electron chi connectivity index (χ0n) is 12.7. The molecule has 0 aliphatic rings. The number of rotatable bonds is 8. The minimum Gasteiger partial charge on any atom is -0.480 e. The number of halogens is 1. The number of ether oxygens (including phenoxy) is 1. The molecule has 1 atom stereocenters. The first-order valence-corrected chi connectivity index (χ1v) is 7.58. The predicted molar refractivity (Wildman–Crippen MR) is 84.1 cm³/mol. The van der Waals surface area contributed by atoms with E-state index in [1.165, 1.54) is 6.92 Å². The Kier molecular flexibility index (Phi) is 7.23. The fourth-order valence-corrected chi connectivity index (χ4v) is 2.03. The van der Waals surface area contributed by atoms with Crippen molar-refractivity contribution in [3.8, 4) is 5.75 Å². The molecule has 1 amide bonds. The molecule has 21 heavy (non-hydrogen) atoms. The highest BCUT2D eigenvalue weighted by Gasteiger charge is 2.17. The molecule has 0 aromatic heterocycles. The first-order chi connectivity index (χ1) is 9.95. The smallest absolute Gasteiger partial charge is 0.260 e. The van der Waals surface area contributed by atoms with Crippen LogP contribution in [0, 0.1) is 0 Å². The highest BCUT2D eigenvalue weighted by Crippen LogP contribution is 2.24. The van der Waals surface area contributed by atoms with Crippen LogP contribution in [-0.4, -0.2) is 24.3 Å². The fourth-order valence-electron chi connectivity index (χ4n) is 1.85. The molecule has 0 saturated carbocycles. The van der Waals surface area contributed by atoms with Gasteiger partial charge in [-0.15, -0.1) is 0 Å². The first kappa shape index (κ1) is 17.5. The standard InChI is InChI=1S/C16H22ClNO3/c1-4-5-6-9-18-16(20)12(3)21-15-8-7-13(17)10-14(15)11(2)19/h7-8,10,12H,4-6,9H2,1-3H3,(H,18,20). The summed E-state index contributed by atoms with van der Waals surface area (Å²) in [6.45, 7) is 5.85. The number of hydrogen-bond acceptors (Lipinski definition) is 3. The van der Waals surface area contributed by atoms with E-state index < -0.39 is 6.10 Å². The number of Topliss-reactive ketones (excluding diaryl/α,β-unsaturated/α-hetero) is 1. The fraction of sp³-hybridized carbons (Fsp3) is 0.500. The zero-order valence-corrected chi connectivity index (χ0v) is 13.5. The third-order valence-corrected chi connectivity index (χ3v) is 3.31. The maximum atomic E-state index is 11.9. The molecule has 1 aromatic rings. The van der Waals surface area contributed by atoms with Gasteiger partial charge in [0.2, 0.25) is 0 Å². The highest BCUT2D eigenvalue weighted by molar-refractivity contribution is 6.31. The van der Waals surface area contributed by atoms with Crippen LogP contribution in [0.25, 0.3) is 0 Å². The van der Waals surface area contributed by atoms with E-state index in [1.54, 1.807) is 25.1 Å². The van der Waals surface area contributed by atoms with Gasteiger partial charge in [0.25, 0.3) is 5.91 Å². The Morgan fingerprint density at radius 3 is 2.67 bits per heavy atom. The molecule has 4 nitrogen and oxygen atoms in total. The molecule has 1 aromatic carbocycles. The second kappa shape index (κ2) is 8.67. The lowest BCUT2D eigenvalue weighted by Gasteiger charge is -2.16. The van der Waals surface area contributed by atoms with Crippen LogP contribution >= 0.6 is 11.6 Å². The third-order valence-electron chi connectivity index (χ3n) is 3.07. The molecule has 1 unspecified atom stereocenters. The van der Waals surface area contributed by atoms with Crippen molar-refractivity contribution in [3.05, 3.63) is 28.8 Å². The first-order valence-electron chi connectivity index (χ1n) is 7.20. The van der Waals surface area contributed by atoms with Crippen LogP contribution < -0.4 is 10.1 Å². The number of unbranched alkanes of at least 4 members (excludes halogenated alkanes) is 2. The second-order valence-corrected chi connectivity index (χ2v) is 5.39. The molecule has 116 valence electrons. The van der Waals surface area contributed by atoms with Gasteiger partial charge < -0.3 is 10.1 Å². The van der Waals surface area contributed by atoms with E-state index in [0.717, 1.165) is 19.3 Å². The van der Waals surface area contributed by atoms with E-state index in [1.807, 2.05) is 0 Å². The normalized spacial score (nSPS) is 11.8. The Bertz CT molecular complexity index is 502. The highest BCUT2D eigenvalue weighted by atomic mass is 35.5. The van der Waals surface area contributed by atoms with Gasteiger partial charge in [0.05, 0.1) is 5.56 Å². The Morgan fingerprint density at radius 2 is 2.05 bits per heavy atom. The predicted octanol–water partition coefficient (Wildman–Crippen LogP) is 3.62. The number of ketones is 1. The second-order valence-electron chi connectivity index (χ2n) is 4.95. The van der Waals surface area contributed by atoms with Crippen LogP contribution in [-0.2, 0) is 4.79 Å². The van der Waals surface area contributed by atoms with E-state index in [4.69, 9.17) is 16.3 Å². The average molecular weight is 312 g/mol. The molecule has 0 radical (unpaired) electrons. The van der Waals surface area contributed by atoms with Crippen LogP contribution in [0.15, 0.2) is 18.2 Å². The monoisotopic (exact) mass is 311 g/mol. The van der Waals surface area contributed by atoms with Gasteiger partial charge in [0.1, 0.15) is 5.75 Å². The van der Waals surface area contributed by atoms with E-state index in [-0.39, 0.29) is 11.7 Å². The Balaban J connectivity index is 2.63. The van der Waals surface area contributed by atoms with Gasteiger partial charge in [0.15, 0.2) is 11.9 Å². The van der Waals surface area contributed by atoms with Crippen molar-refractivity contribution in [1.29, 1.82) is 0 Å². The van der Waals surface area contributed by atoms with Crippen LogP contribution in [0.1, 0.15) is 50.4 Å². The quantitative estimate of drug-likeness (QED) is 0.589. The van der Waals surface area contributed by atoms with Crippen LogP contribution in [0.2, 0.25) is 5.02 Å². The number of hydrogen-bond donors (Lipinski definition) is 1. The molecule has 1 N–H and O–H groups in total. The molecule has 0 saturated heterocycles. The number of carbonyl (C=O) groups is 2. The largest absolute Gasteiger partial charge is 0.480 e.